The molecule has 2 aliphatic rings. The minimum absolute atomic E-state index is 0.0881. The van der Waals surface area contributed by atoms with E-state index in [1.165, 1.54) is 17.6 Å². The molecule has 23 heteroatoms. The fourth-order valence-corrected chi connectivity index (χ4v) is 5.58. The number of hydrogen-bond acceptors (Lipinski definition) is 16. The number of aromatic nitrogens is 4. The van der Waals surface area contributed by atoms with Crippen molar-refractivity contribution in [1.29, 1.82) is 0 Å². The van der Waals surface area contributed by atoms with Gasteiger partial charge in [0.25, 0.3) is 0 Å². The molecule has 2 aromatic heterocycles. The van der Waals surface area contributed by atoms with Gasteiger partial charge in [-0.3, -0.25) is 14.1 Å². The summed E-state index contributed by atoms with van der Waals surface area (Å²) in [4.78, 5) is 49.6. The lowest BCUT2D eigenvalue weighted by molar-refractivity contribution is -0.198. The smallest absolute Gasteiger partial charge is 0.347 e. The number of urea groups is 1. The van der Waals surface area contributed by atoms with E-state index < -0.39 is 93.7 Å². The van der Waals surface area contributed by atoms with Crippen LogP contribution in [0.2, 0.25) is 0 Å². The number of carbonyl (C=O) groups excluding carboxylic acids is 3. The molecule has 2 fully saturated rings. The molecule has 0 saturated carbocycles. The van der Waals surface area contributed by atoms with Gasteiger partial charge in [0.2, 0.25) is 0 Å². The van der Waals surface area contributed by atoms with Crippen molar-refractivity contribution in [3.63, 3.8) is 0 Å². The van der Waals surface area contributed by atoms with Crippen LogP contribution in [0.3, 0.4) is 0 Å². The van der Waals surface area contributed by atoms with Gasteiger partial charge in [0, 0.05) is 0 Å². The molecule has 4 N–H and O–H groups in total. The first-order chi connectivity index (χ1) is 20.5. The summed E-state index contributed by atoms with van der Waals surface area (Å²) in [6.45, 7) is 5.19. The van der Waals surface area contributed by atoms with Gasteiger partial charge in [-0.15, -0.1) is 0 Å². The van der Waals surface area contributed by atoms with Crippen LogP contribution < -0.4 is 15.8 Å². The Morgan fingerprint density at radius 1 is 1.11 bits per heavy atom. The van der Waals surface area contributed by atoms with Crippen LogP contribution in [0.5, 0.6) is 0 Å². The van der Waals surface area contributed by atoms with E-state index in [0.717, 1.165) is 13.0 Å². The zero-order valence-corrected chi connectivity index (χ0v) is 26.2. The number of hydrogen-bond donors (Lipinski definition) is 3. The Kier molecular flexibility index (Phi) is 10.2. The lowest BCUT2D eigenvalue weighted by atomic mass is 10.1. The third-order valence-corrected chi connectivity index (χ3v) is 7.43. The van der Waals surface area contributed by atoms with Crippen molar-refractivity contribution in [2.24, 2.45) is 5.14 Å². The second kappa shape index (κ2) is 13.4. The molecular weight excluding hydrogens is 652 g/mol. The van der Waals surface area contributed by atoms with Crippen molar-refractivity contribution >= 4 is 61.3 Å². The van der Waals surface area contributed by atoms with Gasteiger partial charge in [0.05, 0.1) is 19.4 Å². The van der Waals surface area contributed by atoms with E-state index in [4.69, 9.17) is 28.1 Å². The lowest BCUT2D eigenvalue weighted by Crippen LogP contribution is -2.43. The number of ether oxygens (including phenoxy) is 3. The fraction of sp³-hybridized carbons (Fsp3) is 0.619. The minimum Gasteiger partial charge on any atom is -0.347 e. The fourth-order valence-electron chi connectivity index (χ4n) is 4.50. The number of amides is 2. The van der Waals surface area contributed by atoms with Crippen molar-refractivity contribution in [2.75, 3.05) is 25.3 Å². The highest BCUT2D eigenvalue weighted by Crippen LogP contribution is 2.44. The molecule has 4 rings (SSSR count). The van der Waals surface area contributed by atoms with Crippen molar-refractivity contribution < 1.29 is 59.4 Å². The molecule has 0 radical (unpaired) electrons. The third kappa shape index (κ3) is 8.45. The van der Waals surface area contributed by atoms with Crippen molar-refractivity contribution in [3.05, 3.63) is 12.7 Å². The highest BCUT2D eigenvalue weighted by atomic mass is 32.2. The standard InChI is InChI=1S/C21H28N7O13P2S/c1-21(2)38-14-11(7-36-44(22,34)35)37-18(15(14)39-21)28-9-25-13-16(23-8-24-17(13)28)27-20(31)26-10(19(30)41-43(4)33)5-6-12(29)40-42(3)32/h8-11,14-15,18H,5-7H2,1-4H3,(H3-,22,23,24,26,27,31,34,35)/q+1/p+1/t10-,11+,14+,15+,18+/m0/s1. The Morgan fingerprint density at radius 3 is 2.45 bits per heavy atom. The summed E-state index contributed by atoms with van der Waals surface area (Å²) in [5, 5.41) is 9.71. The molecule has 2 unspecified atom stereocenters. The summed E-state index contributed by atoms with van der Waals surface area (Å²) in [7, 11) is -8.87. The number of anilines is 1. The number of imidazole rings is 1. The third-order valence-electron chi connectivity index (χ3n) is 6.06. The first-order valence-electron chi connectivity index (χ1n) is 12.7. The molecule has 0 bridgehead atoms. The Balaban J connectivity index is 1.52. The van der Waals surface area contributed by atoms with E-state index >= 15 is 0 Å². The molecule has 2 saturated heterocycles. The predicted molar refractivity (Wildman–Crippen MR) is 147 cm³/mol. The maximum atomic E-state index is 12.9. The molecule has 2 aliphatic heterocycles. The van der Waals surface area contributed by atoms with Gasteiger partial charge in [-0.2, -0.15) is 8.42 Å². The zero-order chi connectivity index (χ0) is 32.4. The maximum Gasteiger partial charge on any atom is 0.555 e. The summed E-state index contributed by atoms with van der Waals surface area (Å²) < 4.78 is 78.7. The Hall–Kier alpha value is -3.29. The molecule has 4 heterocycles. The second-order valence-electron chi connectivity index (χ2n) is 9.90. The minimum atomic E-state index is -4.27. The number of nitrogens with two attached hydrogens (primary N) is 1. The average Bonchev–Trinajstić information content (AvgIpc) is 3.55. The maximum absolute atomic E-state index is 12.9. The van der Waals surface area contributed by atoms with Crippen LogP contribution in [0.15, 0.2) is 12.7 Å². The molecule has 0 aromatic carbocycles. The van der Waals surface area contributed by atoms with Crippen LogP contribution in [0.1, 0.15) is 32.9 Å². The number of nitrogens with one attached hydrogen (secondary N) is 2. The molecule has 44 heavy (non-hydrogen) atoms. The van der Waals surface area contributed by atoms with Crippen LogP contribution in [-0.2, 0) is 56.5 Å². The van der Waals surface area contributed by atoms with E-state index in [2.05, 4.69) is 30.1 Å². The van der Waals surface area contributed by atoms with Crippen LogP contribution >= 0.6 is 16.1 Å². The number of carbonyl (C=O) groups is 3. The second-order valence-corrected chi connectivity index (χ2v) is 13.2. The Morgan fingerprint density at radius 2 is 1.80 bits per heavy atom. The monoisotopic (exact) mass is 681 g/mol. The van der Waals surface area contributed by atoms with Gasteiger partial charge in [-0.1, -0.05) is 0 Å². The van der Waals surface area contributed by atoms with Crippen LogP contribution in [0, 0.1) is 0 Å². The summed E-state index contributed by atoms with van der Waals surface area (Å²) in [6, 6.07) is -2.40. The average molecular weight is 682 g/mol. The topological polar surface area (TPSA) is 269 Å². The first-order valence-corrected chi connectivity index (χ1v) is 17.4. The zero-order valence-electron chi connectivity index (χ0n) is 23.6. The van der Waals surface area contributed by atoms with Gasteiger partial charge < -0.3 is 19.5 Å². The van der Waals surface area contributed by atoms with E-state index in [1.54, 1.807) is 13.8 Å². The molecule has 2 amide bonds. The number of fused-ring (bicyclic) bond motifs is 2. The molecule has 0 aliphatic carbocycles. The molecule has 2 aromatic rings. The van der Waals surface area contributed by atoms with E-state index in [1.807, 2.05) is 0 Å². The Labute approximate surface area is 251 Å². The molecule has 7 atom stereocenters. The largest absolute Gasteiger partial charge is 0.555 e. The van der Waals surface area contributed by atoms with Crippen LogP contribution in [-0.4, -0.2) is 96.0 Å². The summed E-state index contributed by atoms with van der Waals surface area (Å²) in [5.41, 5.74) is 0.270. The van der Waals surface area contributed by atoms with E-state index in [0.29, 0.717) is 0 Å². The van der Waals surface area contributed by atoms with Crippen molar-refractivity contribution in [1.82, 2.24) is 24.8 Å². The lowest BCUT2D eigenvalue weighted by Gasteiger charge is -2.24. The quantitative estimate of drug-likeness (QED) is 0.258. The SMILES string of the molecule is C[P+](=O)OC(=O)CC[C@H](NC(=O)Nc1ncnc2c1ncn2[C@@H]1O[C@H](COS(N)(=O)=O)[C@H]2OC(C)(C)O[C@H]21)C(=O)O[P+](C)=O. The van der Waals surface area contributed by atoms with Gasteiger partial charge in [0.1, 0.15) is 30.7 Å². The normalized spacial score (nSPS) is 23.8. The molecule has 0 spiro atoms. The highest BCUT2D eigenvalue weighted by molar-refractivity contribution is 7.84. The van der Waals surface area contributed by atoms with Crippen molar-refractivity contribution in [2.45, 2.75) is 63.1 Å². The summed E-state index contributed by atoms with van der Waals surface area (Å²) in [5.74, 6) is -3.09. The van der Waals surface area contributed by atoms with Crippen LogP contribution in [0.4, 0.5) is 10.6 Å². The van der Waals surface area contributed by atoms with E-state index in [-0.39, 0.29) is 23.4 Å². The number of nitrogens with zero attached hydrogens (tertiary/aromatic N) is 4. The predicted octanol–water partition coefficient (Wildman–Crippen LogP) is 0.565. The molecular formula is C21H29N7O13P2S+2. The van der Waals surface area contributed by atoms with Crippen LogP contribution in [0.25, 0.3) is 11.2 Å². The van der Waals surface area contributed by atoms with Gasteiger partial charge >= 0.3 is 44.3 Å². The summed E-state index contributed by atoms with van der Waals surface area (Å²) in [6.07, 6.45) is -1.60. The van der Waals surface area contributed by atoms with Gasteiger partial charge in [-0.05, 0) is 29.4 Å². The summed E-state index contributed by atoms with van der Waals surface area (Å²) >= 11 is 0. The first kappa shape index (κ1) is 33.6. The van der Waals surface area contributed by atoms with Gasteiger partial charge in [0.15, 0.2) is 42.3 Å². The van der Waals surface area contributed by atoms with Gasteiger partial charge in [-0.25, -0.2) is 43.5 Å². The van der Waals surface area contributed by atoms with Crippen molar-refractivity contribution in [3.8, 4) is 0 Å². The Bertz CT molecular complexity index is 1590. The highest BCUT2D eigenvalue weighted by Gasteiger charge is 2.56. The molecule has 20 nitrogen and oxygen atoms in total. The van der Waals surface area contributed by atoms with E-state index in [9.17, 15) is 31.9 Å². The number of rotatable bonds is 12. The molecule has 240 valence electrons.